The molecule has 0 amide bonds. The number of aliphatic hydroxyl groups is 1. The first-order valence-corrected chi connectivity index (χ1v) is 5.18. The molecule has 1 atom stereocenters. The van der Waals surface area contributed by atoms with Gasteiger partial charge in [-0.3, -0.25) is 0 Å². The van der Waals surface area contributed by atoms with Crippen LogP contribution in [0.4, 0.5) is 5.13 Å². The maximum Gasteiger partial charge on any atom is 0.202 e. The van der Waals surface area contributed by atoms with Crippen molar-refractivity contribution >= 4 is 16.7 Å². The van der Waals surface area contributed by atoms with E-state index in [1.165, 1.54) is 11.5 Å². The van der Waals surface area contributed by atoms with Crippen LogP contribution in [-0.2, 0) is 0 Å². The van der Waals surface area contributed by atoms with E-state index in [9.17, 15) is 0 Å². The Morgan fingerprint density at radius 3 is 2.92 bits per heavy atom. The van der Waals surface area contributed by atoms with Gasteiger partial charge in [-0.15, -0.1) is 0 Å². The van der Waals surface area contributed by atoms with Gasteiger partial charge in [-0.2, -0.15) is 4.37 Å². The van der Waals surface area contributed by atoms with Crippen molar-refractivity contribution in [1.29, 1.82) is 0 Å². The molecule has 74 valence electrons. The second-order valence-electron chi connectivity index (χ2n) is 3.06. The van der Waals surface area contributed by atoms with E-state index in [-0.39, 0.29) is 6.10 Å². The monoisotopic (exact) mass is 201 g/mol. The summed E-state index contributed by atoms with van der Waals surface area (Å²) in [4.78, 5) is 4.16. The van der Waals surface area contributed by atoms with Gasteiger partial charge in [0.15, 0.2) is 0 Å². The fourth-order valence-corrected chi connectivity index (χ4v) is 1.56. The number of anilines is 1. The lowest BCUT2D eigenvalue weighted by molar-refractivity contribution is 0.183. The number of nitrogens with one attached hydrogen (secondary N) is 1. The molecular formula is C8H15N3OS. The highest BCUT2D eigenvalue weighted by molar-refractivity contribution is 7.09. The van der Waals surface area contributed by atoms with Crippen LogP contribution in [0.2, 0.25) is 0 Å². The molecule has 1 aromatic heterocycles. The molecule has 0 aliphatic carbocycles. The van der Waals surface area contributed by atoms with Crippen LogP contribution in [0, 0.1) is 6.92 Å². The highest BCUT2D eigenvalue weighted by Gasteiger charge is 1.99. The van der Waals surface area contributed by atoms with Gasteiger partial charge in [-0.1, -0.05) is 0 Å². The topological polar surface area (TPSA) is 58.0 Å². The van der Waals surface area contributed by atoms with Crippen molar-refractivity contribution in [3.63, 3.8) is 0 Å². The number of aliphatic hydroxyl groups excluding tert-OH is 1. The van der Waals surface area contributed by atoms with Crippen LogP contribution in [0.1, 0.15) is 25.6 Å². The van der Waals surface area contributed by atoms with Crippen molar-refractivity contribution in [3.8, 4) is 0 Å². The molecule has 4 nitrogen and oxygen atoms in total. The molecule has 2 N–H and O–H groups in total. The lowest BCUT2D eigenvalue weighted by atomic mass is 10.2. The predicted octanol–water partition coefficient (Wildman–Crippen LogP) is 1.42. The van der Waals surface area contributed by atoms with Gasteiger partial charge in [0.2, 0.25) is 5.13 Å². The minimum atomic E-state index is -0.210. The summed E-state index contributed by atoms with van der Waals surface area (Å²) in [5, 5.41) is 13.0. The van der Waals surface area contributed by atoms with Crippen molar-refractivity contribution in [1.82, 2.24) is 9.36 Å². The molecule has 0 aliphatic heterocycles. The average Bonchev–Trinajstić information content (AvgIpc) is 2.45. The second kappa shape index (κ2) is 5.14. The second-order valence-corrected chi connectivity index (χ2v) is 3.82. The van der Waals surface area contributed by atoms with Crippen LogP contribution in [0.5, 0.6) is 0 Å². The Hall–Kier alpha value is -0.680. The zero-order chi connectivity index (χ0) is 9.68. The molecule has 1 unspecified atom stereocenters. The fourth-order valence-electron chi connectivity index (χ4n) is 0.962. The minimum Gasteiger partial charge on any atom is -0.393 e. The number of nitrogens with zero attached hydrogens (tertiary/aromatic N) is 2. The van der Waals surface area contributed by atoms with Crippen molar-refractivity contribution in [3.05, 3.63) is 5.82 Å². The highest BCUT2D eigenvalue weighted by Crippen LogP contribution is 2.09. The number of aryl methyl sites for hydroxylation is 1. The summed E-state index contributed by atoms with van der Waals surface area (Å²) in [6.45, 7) is 4.52. The van der Waals surface area contributed by atoms with Crippen molar-refractivity contribution < 1.29 is 5.11 Å². The summed E-state index contributed by atoms with van der Waals surface area (Å²) >= 11 is 1.37. The van der Waals surface area contributed by atoms with Crippen LogP contribution in [-0.4, -0.2) is 27.1 Å². The number of hydrogen-bond donors (Lipinski definition) is 2. The summed E-state index contributed by atoms with van der Waals surface area (Å²) in [5.74, 6) is 0.808. The van der Waals surface area contributed by atoms with Crippen LogP contribution in [0.15, 0.2) is 0 Å². The van der Waals surface area contributed by atoms with Crippen molar-refractivity contribution in [2.75, 3.05) is 11.9 Å². The molecule has 0 saturated heterocycles. The zero-order valence-electron chi connectivity index (χ0n) is 7.95. The third-order valence-corrected chi connectivity index (χ3v) is 2.37. The molecule has 0 aliphatic rings. The Balaban J connectivity index is 2.13. The van der Waals surface area contributed by atoms with Crippen molar-refractivity contribution in [2.24, 2.45) is 0 Å². The number of aromatic nitrogens is 2. The number of rotatable bonds is 5. The molecule has 0 saturated carbocycles. The third kappa shape index (κ3) is 4.19. The normalized spacial score (nSPS) is 12.8. The zero-order valence-corrected chi connectivity index (χ0v) is 8.77. The van der Waals surface area contributed by atoms with Gasteiger partial charge in [-0.25, -0.2) is 4.98 Å². The van der Waals surface area contributed by atoms with Crippen LogP contribution >= 0.6 is 11.5 Å². The van der Waals surface area contributed by atoms with Gasteiger partial charge in [0, 0.05) is 18.1 Å². The Morgan fingerprint density at radius 2 is 2.38 bits per heavy atom. The van der Waals surface area contributed by atoms with E-state index in [1.54, 1.807) is 6.92 Å². The van der Waals surface area contributed by atoms with Gasteiger partial charge in [0.1, 0.15) is 5.82 Å². The Labute approximate surface area is 82.2 Å². The van der Waals surface area contributed by atoms with E-state index in [0.29, 0.717) is 0 Å². The van der Waals surface area contributed by atoms with Crippen LogP contribution in [0.25, 0.3) is 0 Å². The smallest absolute Gasteiger partial charge is 0.202 e. The molecule has 1 rings (SSSR count). The fraction of sp³-hybridized carbons (Fsp3) is 0.750. The van der Waals surface area contributed by atoms with E-state index in [0.717, 1.165) is 30.3 Å². The van der Waals surface area contributed by atoms with E-state index in [2.05, 4.69) is 14.7 Å². The van der Waals surface area contributed by atoms with Gasteiger partial charge in [0.05, 0.1) is 6.10 Å². The molecule has 0 spiro atoms. The summed E-state index contributed by atoms with van der Waals surface area (Å²) < 4.78 is 4.05. The SMILES string of the molecule is Cc1nsc(NCCCC(C)O)n1. The van der Waals surface area contributed by atoms with Gasteiger partial charge in [0.25, 0.3) is 0 Å². The van der Waals surface area contributed by atoms with Gasteiger partial charge < -0.3 is 10.4 Å². The van der Waals surface area contributed by atoms with Gasteiger partial charge in [-0.05, 0) is 26.7 Å². The highest BCUT2D eigenvalue weighted by atomic mass is 32.1. The lowest BCUT2D eigenvalue weighted by Crippen LogP contribution is -2.06. The first kappa shape index (κ1) is 10.4. The minimum absolute atomic E-state index is 0.210. The molecule has 1 heterocycles. The van der Waals surface area contributed by atoms with Crippen LogP contribution < -0.4 is 5.32 Å². The first-order valence-electron chi connectivity index (χ1n) is 4.40. The largest absolute Gasteiger partial charge is 0.393 e. The molecule has 1 aromatic rings. The number of hydrogen-bond acceptors (Lipinski definition) is 5. The first-order chi connectivity index (χ1) is 6.18. The van der Waals surface area contributed by atoms with Crippen LogP contribution in [0.3, 0.4) is 0 Å². The van der Waals surface area contributed by atoms with E-state index >= 15 is 0 Å². The summed E-state index contributed by atoms with van der Waals surface area (Å²) in [5.41, 5.74) is 0. The molecule has 0 radical (unpaired) electrons. The summed E-state index contributed by atoms with van der Waals surface area (Å²) in [7, 11) is 0. The molecule has 13 heavy (non-hydrogen) atoms. The summed E-state index contributed by atoms with van der Waals surface area (Å²) in [6, 6.07) is 0. The van der Waals surface area contributed by atoms with Gasteiger partial charge >= 0.3 is 0 Å². The maximum absolute atomic E-state index is 9.00. The quantitative estimate of drug-likeness (QED) is 0.707. The molecule has 0 bridgehead atoms. The predicted molar refractivity (Wildman–Crippen MR) is 54.1 cm³/mol. The Morgan fingerprint density at radius 1 is 1.62 bits per heavy atom. The van der Waals surface area contributed by atoms with E-state index in [4.69, 9.17) is 5.11 Å². The Kier molecular flexibility index (Phi) is 4.11. The van der Waals surface area contributed by atoms with Crippen molar-refractivity contribution in [2.45, 2.75) is 32.8 Å². The molecule has 5 heteroatoms. The molecular weight excluding hydrogens is 186 g/mol. The lowest BCUT2D eigenvalue weighted by Gasteiger charge is -2.03. The average molecular weight is 201 g/mol. The summed E-state index contributed by atoms with van der Waals surface area (Å²) in [6.07, 6.45) is 1.57. The Bertz CT molecular complexity index is 249. The van der Waals surface area contributed by atoms with E-state index in [1.807, 2.05) is 6.92 Å². The van der Waals surface area contributed by atoms with E-state index < -0.39 is 0 Å². The standard InChI is InChI=1S/C8H15N3OS/c1-6(12)4-3-5-9-8-10-7(2)11-13-8/h6,12H,3-5H2,1-2H3,(H,9,10,11). The maximum atomic E-state index is 9.00. The molecule has 0 aromatic carbocycles. The third-order valence-electron chi connectivity index (χ3n) is 1.60. The molecule has 0 fully saturated rings.